The van der Waals surface area contributed by atoms with E-state index in [-0.39, 0.29) is 13.2 Å². The van der Waals surface area contributed by atoms with Gasteiger partial charge in [-0.1, -0.05) is 83.3 Å². The van der Waals surface area contributed by atoms with Gasteiger partial charge < -0.3 is 24.8 Å². The lowest BCUT2D eigenvalue weighted by Crippen LogP contribution is -2.42. The minimum atomic E-state index is -0.988. The van der Waals surface area contributed by atoms with Crippen LogP contribution in [-0.4, -0.2) is 59.6 Å². The van der Waals surface area contributed by atoms with Crippen molar-refractivity contribution in [2.75, 3.05) is 19.8 Å². The van der Waals surface area contributed by atoms with Gasteiger partial charge in [-0.3, -0.25) is 0 Å². The van der Waals surface area contributed by atoms with Gasteiger partial charge in [-0.15, -0.1) is 0 Å². The third-order valence-electron chi connectivity index (χ3n) is 5.72. The molecule has 0 aliphatic carbocycles. The van der Waals surface area contributed by atoms with Crippen molar-refractivity contribution in [3.63, 3.8) is 0 Å². The van der Waals surface area contributed by atoms with Crippen LogP contribution in [0.25, 0.3) is 0 Å². The average Bonchev–Trinajstić information content (AvgIpc) is 3.06. The quantitative estimate of drug-likeness (QED) is 0.214. The maximum atomic E-state index is 9.83. The first-order valence-corrected chi connectivity index (χ1v) is 12.1. The molecule has 1 saturated heterocycles. The molecule has 0 amide bonds. The normalized spacial score (nSPS) is 23.2. The molecule has 1 rings (SSSR count). The molecule has 0 aromatic carbocycles. The highest BCUT2D eigenvalue weighted by Gasteiger charge is 2.40. The first kappa shape index (κ1) is 26.6. The third kappa shape index (κ3) is 12.7. The van der Waals surface area contributed by atoms with Crippen molar-refractivity contribution >= 4 is 0 Å². The fourth-order valence-corrected chi connectivity index (χ4v) is 3.80. The molecule has 29 heavy (non-hydrogen) atoms. The Morgan fingerprint density at radius 1 is 0.862 bits per heavy atom. The highest BCUT2D eigenvalue weighted by atomic mass is 16.6. The largest absolute Gasteiger partial charge is 0.394 e. The molecule has 5 heteroatoms. The van der Waals surface area contributed by atoms with E-state index in [9.17, 15) is 15.3 Å². The van der Waals surface area contributed by atoms with Crippen LogP contribution in [-0.2, 0) is 9.47 Å². The van der Waals surface area contributed by atoms with Crippen molar-refractivity contribution in [1.29, 1.82) is 0 Å². The van der Waals surface area contributed by atoms with Crippen LogP contribution in [0.4, 0.5) is 0 Å². The molecule has 5 nitrogen and oxygen atoms in total. The standard InChI is InChI=1S/C24H46O5/c1-2-3-4-5-6-7-8-9-10-11-12-13-14-15-16-17-18-28-22(19-25)24-23(27)21(26)20-29-24/h14-15,21-27H,2-13,16-20H2,1H3/b15-14+/t21-,22+,23-,24-/m1/s1. The summed E-state index contributed by atoms with van der Waals surface area (Å²) in [5.41, 5.74) is 0. The van der Waals surface area contributed by atoms with E-state index in [4.69, 9.17) is 9.47 Å². The van der Waals surface area contributed by atoms with Crippen molar-refractivity contribution in [3.05, 3.63) is 12.2 Å². The average molecular weight is 415 g/mol. The molecule has 4 atom stereocenters. The second-order valence-corrected chi connectivity index (χ2v) is 8.39. The summed E-state index contributed by atoms with van der Waals surface area (Å²) in [4.78, 5) is 0. The van der Waals surface area contributed by atoms with E-state index in [1.54, 1.807) is 0 Å². The summed E-state index contributed by atoms with van der Waals surface area (Å²) in [6.07, 6.45) is 19.5. The fourth-order valence-electron chi connectivity index (χ4n) is 3.80. The molecule has 1 aliphatic heterocycles. The summed E-state index contributed by atoms with van der Waals surface area (Å²) >= 11 is 0. The van der Waals surface area contributed by atoms with E-state index in [2.05, 4.69) is 19.1 Å². The van der Waals surface area contributed by atoms with Crippen LogP contribution < -0.4 is 0 Å². The van der Waals surface area contributed by atoms with Crippen molar-refractivity contribution in [2.45, 2.75) is 121 Å². The van der Waals surface area contributed by atoms with Crippen LogP contribution in [0, 0.1) is 0 Å². The van der Waals surface area contributed by atoms with E-state index < -0.39 is 24.4 Å². The Hall–Kier alpha value is -0.460. The van der Waals surface area contributed by atoms with Gasteiger partial charge in [-0.2, -0.15) is 0 Å². The molecule has 0 aromatic rings. The second-order valence-electron chi connectivity index (χ2n) is 8.39. The Balaban J connectivity index is 1.87. The van der Waals surface area contributed by atoms with Crippen molar-refractivity contribution in [1.82, 2.24) is 0 Å². The smallest absolute Gasteiger partial charge is 0.114 e. The zero-order valence-electron chi connectivity index (χ0n) is 18.6. The summed E-state index contributed by atoms with van der Waals surface area (Å²) in [6, 6.07) is 0. The van der Waals surface area contributed by atoms with Crippen molar-refractivity contribution in [2.24, 2.45) is 0 Å². The number of ether oxygens (including phenoxy) is 2. The zero-order valence-corrected chi connectivity index (χ0v) is 18.6. The Morgan fingerprint density at radius 3 is 1.93 bits per heavy atom. The summed E-state index contributed by atoms with van der Waals surface area (Å²) in [5, 5.41) is 28.8. The van der Waals surface area contributed by atoms with E-state index >= 15 is 0 Å². The molecular weight excluding hydrogens is 368 g/mol. The predicted octanol–water partition coefficient (Wildman–Crippen LogP) is 4.52. The molecule has 0 radical (unpaired) electrons. The fraction of sp³-hybridized carbons (Fsp3) is 0.917. The number of aliphatic hydroxyl groups is 3. The van der Waals surface area contributed by atoms with E-state index in [0.717, 1.165) is 19.3 Å². The van der Waals surface area contributed by atoms with Gasteiger partial charge in [0.1, 0.15) is 24.4 Å². The number of aliphatic hydroxyl groups excluding tert-OH is 3. The van der Waals surface area contributed by atoms with E-state index in [1.165, 1.54) is 70.6 Å². The van der Waals surface area contributed by atoms with Crippen LogP contribution >= 0.6 is 0 Å². The topological polar surface area (TPSA) is 79.2 Å². The SMILES string of the molecule is CCCCCCCCCCCCC/C=C/CCCO[C@@H](CO)[C@H]1OC[C@@H](O)[C@H]1O. The van der Waals surface area contributed by atoms with Gasteiger partial charge in [0.25, 0.3) is 0 Å². The maximum Gasteiger partial charge on any atom is 0.114 e. The Bertz CT molecular complexity index is 387. The van der Waals surface area contributed by atoms with Crippen LogP contribution in [0.2, 0.25) is 0 Å². The van der Waals surface area contributed by atoms with Crippen molar-refractivity contribution in [3.8, 4) is 0 Å². The van der Waals surface area contributed by atoms with Gasteiger partial charge in [0.2, 0.25) is 0 Å². The number of rotatable bonds is 19. The summed E-state index contributed by atoms with van der Waals surface area (Å²) < 4.78 is 10.9. The Labute approximate surface area is 178 Å². The third-order valence-corrected chi connectivity index (χ3v) is 5.72. The van der Waals surface area contributed by atoms with Crippen LogP contribution in [0.1, 0.15) is 96.8 Å². The molecule has 1 aliphatic rings. The lowest BCUT2D eigenvalue weighted by molar-refractivity contribution is -0.101. The number of hydrogen-bond donors (Lipinski definition) is 3. The van der Waals surface area contributed by atoms with Gasteiger partial charge in [-0.05, 0) is 25.7 Å². The molecule has 0 spiro atoms. The number of allylic oxidation sites excluding steroid dienone is 2. The second kappa shape index (κ2) is 18.3. The lowest BCUT2D eigenvalue weighted by atomic mass is 10.1. The first-order valence-electron chi connectivity index (χ1n) is 12.1. The summed E-state index contributed by atoms with van der Waals surface area (Å²) in [5.74, 6) is 0. The monoisotopic (exact) mass is 414 g/mol. The van der Waals surface area contributed by atoms with E-state index in [0.29, 0.717) is 6.61 Å². The van der Waals surface area contributed by atoms with Crippen molar-refractivity contribution < 1.29 is 24.8 Å². The van der Waals surface area contributed by atoms with Gasteiger partial charge in [0.05, 0.1) is 13.2 Å². The summed E-state index contributed by atoms with van der Waals surface area (Å²) in [7, 11) is 0. The van der Waals surface area contributed by atoms with E-state index in [1.807, 2.05) is 0 Å². The zero-order chi connectivity index (χ0) is 21.2. The van der Waals surface area contributed by atoms with Gasteiger partial charge >= 0.3 is 0 Å². The number of hydrogen-bond acceptors (Lipinski definition) is 5. The molecule has 0 bridgehead atoms. The highest BCUT2D eigenvalue weighted by Crippen LogP contribution is 2.19. The molecule has 0 aromatic heterocycles. The van der Waals surface area contributed by atoms with Gasteiger partial charge in [-0.25, -0.2) is 0 Å². The molecule has 0 saturated carbocycles. The van der Waals surface area contributed by atoms with Gasteiger partial charge in [0.15, 0.2) is 0 Å². The highest BCUT2D eigenvalue weighted by molar-refractivity contribution is 4.88. The lowest BCUT2D eigenvalue weighted by Gasteiger charge is -2.24. The molecule has 0 unspecified atom stereocenters. The van der Waals surface area contributed by atoms with Gasteiger partial charge in [0, 0.05) is 6.61 Å². The minimum absolute atomic E-state index is 0.0908. The molecule has 1 fully saturated rings. The maximum absolute atomic E-state index is 9.83. The van der Waals surface area contributed by atoms with Crippen LogP contribution in [0.3, 0.4) is 0 Å². The summed E-state index contributed by atoms with van der Waals surface area (Å²) in [6.45, 7) is 2.65. The Kier molecular flexibility index (Phi) is 16.8. The van der Waals surface area contributed by atoms with Crippen LogP contribution in [0.5, 0.6) is 0 Å². The first-order chi connectivity index (χ1) is 14.2. The number of unbranched alkanes of at least 4 members (excludes halogenated alkanes) is 12. The molecular formula is C24H46O5. The predicted molar refractivity (Wildman–Crippen MR) is 118 cm³/mol. The van der Waals surface area contributed by atoms with Crippen LogP contribution in [0.15, 0.2) is 12.2 Å². The molecule has 1 heterocycles. The molecule has 3 N–H and O–H groups in total. The molecule has 172 valence electrons. The Morgan fingerprint density at radius 2 is 1.41 bits per heavy atom. The minimum Gasteiger partial charge on any atom is -0.394 e.